The summed E-state index contributed by atoms with van der Waals surface area (Å²) >= 11 is 0. The molecule has 0 aromatic heterocycles. The van der Waals surface area contributed by atoms with Gasteiger partial charge in [-0.3, -0.25) is 4.79 Å². The predicted molar refractivity (Wildman–Crippen MR) is 72.5 cm³/mol. The van der Waals surface area contributed by atoms with E-state index in [0.29, 0.717) is 18.7 Å². The van der Waals surface area contributed by atoms with Gasteiger partial charge in [0, 0.05) is 5.69 Å². The number of hydrogen-bond acceptors (Lipinski definition) is 3. The third kappa shape index (κ3) is 3.56. The number of aliphatic hydroxyl groups is 1. The molecule has 5 heteroatoms. The molecule has 0 radical (unpaired) electrons. The molecule has 1 aromatic carbocycles. The number of halogens is 1. The van der Waals surface area contributed by atoms with Crippen molar-refractivity contribution < 1.29 is 19.0 Å². The van der Waals surface area contributed by atoms with Crippen molar-refractivity contribution in [1.29, 1.82) is 0 Å². The van der Waals surface area contributed by atoms with Gasteiger partial charge in [-0.15, -0.1) is 0 Å². The number of nitrogens with one attached hydrogen (secondary N) is 1. The van der Waals surface area contributed by atoms with Gasteiger partial charge in [0.25, 0.3) is 0 Å². The number of benzene rings is 1. The Kier molecular flexibility index (Phi) is 4.72. The summed E-state index contributed by atoms with van der Waals surface area (Å²) in [6, 6.07) is 4.28. The van der Waals surface area contributed by atoms with Gasteiger partial charge in [0.05, 0.1) is 24.2 Å². The van der Waals surface area contributed by atoms with Crippen molar-refractivity contribution in [1.82, 2.24) is 0 Å². The number of carbonyl (C=O) groups excluding carboxylic acids is 1. The van der Waals surface area contributed by atoms with Crippen molar-refractivity contribution in [3.63, 3.8) is 0 Å². The van der Waals surface area contributed by atoms with Crippen LogP contribution in [0.2, 0.25) is 0 Å². The number of ether oxygens (including phenoxy) is 1. The van der Waals surface area contributed by atoms with Crippen LogP contribution in [0.15, 0.2) is 18.2 Å². The summed E-state index contributed by atoms with van der Waals surface area (Å²) in [5.41, 5.74) is 0.580. The Morgan fingerprint density at radius 3 is 3.00 bits per heavy atom. The molecule has 2 atom stereocenters. The van der Waals surface area contributed by atoms with Crippen molar-refractivity contribution >= 4 is 11.6 Å². The Hall–Kier alpha value is -1.90. The third-order valence-corrected chi connectivity index (χ3v) is 3.11. The molecule has 106 valence electrons. The van der Waals surface area contributed by atoms with E-state index in [1.54, 1.807) is 6.07 Å². The molecule has 1 amide bonds. The van der Waals surface area contributed by atoms with Crippen LogP contribution >= 0.6 is 0 Å². The molecule has 0 bridgehead atoms. The molecular formula is C15H16FNO3. The molecule has 0 spiro atoms. The molecule has 2 N–H and O–H groups in total. The minimum Gasteiger partial charge on any atom is -0.384 e. The SMILES string of the molecule is CC1CC(C(=O)Nc2ccc(C#CCO)c(F)c2)CO1. The molecule has 0 saturated carbocycles. The Morgan fingerprint density at radius 2 is 2.40 bits per heavy atom. The van der Waals surface area contributed by atoms with Crippen LogP contribution in [0.5, 0.6) is 0 Å². The van der Waals surface area contributed by atoms with E-state index >= 15 is 0 Å². The first kappa shape index (κ1) is 14.5. The minimum absolute atomic E-state index is 0.0821. The van der Waals surface area contributed by atoms with Gasteiger partial charge in [-0.2, -0.15) is 0 Å². The van der Waals surface area contributed by atoms with E-state index in [-0.39, 0.29) is 30.1 Å². The van der Waals surface area contributed by atoms with Crippen LogP contribution in [0.25, 0.3) is 0 Å². The number of amides is 1. The van der Waals surface area contributed by atoms with E-state index in [9.17, 15) is 9.18 Å². The van der Waals surface area contributed by atoms with Crippen LogP contribution in [0, 0.1) is 23.6 Å². The van der Waals surface area contributed by atoms with Gasteiger partial charge in [-0.1, -0.05) is 11.8 Å². The Morgan fingerprint density at radius 1 is 1.60 bits per heavy atom. The Bertz CT molecular complexity index is 562. The second kappa shape index (κ2) is 6.51. The van der Waals surface area contributed by atoms with Crippen LogP contribution in [-0.4, -0.2) is 30.3 Å². The lowest BCUT2D eigenvalue weighted by Crippen LogP contribution is -2.23. The van der Waals surface area contributed by atoms with Gasteiger partial charge in [-0.25, -0.2) is 4.39 Å². The maximum atomic E-state index is 13.7. The minimum atomic E-state index is -0.528. The molecule has 1 fully saturated rings. The topological polar surface area (TPSA) is 58.6 Å². The van der Waals surface area contributed by atoms with Gasteiger partial charge < -0.3 is 15.2 Å². The first-order valence-corrected chi connectivity index (χ1v) is 6.42. The number of hydrogen-bond donors (Lipinski definition) is 2. The largest absolute Gasteiger partial charge is 0.384 e. The van der Waals surface area contributed by atoms with Gasteiger partial charge in [0.2, 0.25) is 5.91 Å². The number of carbonyl (C=O) groups is 1. The third-order valence-electron chi connectivity index (χ3n) is 3.11. The molecular weight excluding hydrogens is 261 g/mol. The van der Waals surface area contributed by atoms with E-state index in [1.165, 1.54) is 12.1 Å². The van der Waals surface area contributed by atoms with E-state index in [2.05, 4.69) is 17.2 Å². The average molecular weight is 277 g/mol. The summed E-state index contributed by atoms with van der Waals surface area (Å²) in [7, 11) is 0. The zero-order valence-corrected chi connectivity index (χ0v) is 11.1. The van der Waals surface area contributed by atoms with E-state index in [0.717, 1.165) is 0 Å². The fraction of sp³-hybridized carbons (Fsp3) is 0.400. The van der Waals surface area contributed by atoms with E-state index in [4.69, 9.17) is 9.84 Å². The Labute approximate surface area is 116 Å². The highest BCUT2D eigenvalue weighted by atomic mass is 19.1. The van der Waals surface area contributed by atoms with Crippen LogP contribution in [0.3, 0.4) is 0 Å². The van der Waals surface area contributed by atoms with Crippen LogP contribution < -0.4 is 5.32 Å². The monoisotopic (exact) mass is 277 g/mol. The molecule has 1 heterocycles. The number of anilines is 1. The fourth-order valence-corrected chi connectivity index (χ4v) is 2.07. The number of aliphatic hydroxyl groups excluding tert-OH is 1. The molecule has 20 heavy (non-hydrogen) atoms. The molecule has 4 nitrogen and oxygen atoms in total. The first-order valence-electron chi connectivity index (χ1n) is 6.42. The highest BCUT2D eigenvalue weighted by Gasteiger charge is 2.28. The normalized spacial score (nSPS) is 21.1. The average Bonchev–Trinajstić information content (AvgIpc) is 2.85. The van der Waals surface area contributed by atoms with E-state index in [1.807, 2.05) is 6.92 Å². The summed E-state index contributed by atoms with van der Waals surface area (Å²) in [5.74, 6) is 3.99. The van der Waals surface area contributed by atoms with Gasteiger partial charge >= 0.3 is 0 Å². The van der Waals surface area contributed by atoms with Crippen LogP contribution in [0.4, 0.5) is 10.1 Å². The van der Waals surface area contributed by atoms with Crippen molar-refractivity contribution in [3.8, 4) is 11.8 Å². The van der Waals surface area contributed by atoms with Gasteiger partial charge in [0.1, 0.15) is 12.4 Å². The van der Waals surface area contributed by atoms with Crippen LogP contribution in [0.1, 0.15) is 18.9 Å². The second-order valence-electron chi connectivity index (χ2n) is 4.72. The van der Waals surface area contributed by atoms with Gasteiger partial charge in [-0.05, 0) is 31.5 Å². The van der Waals surface area contributed by atoms with Crippen molar-refractivity contribution in [2.45, 2.75) is 19.4 Å². The Balaban J connectivity index is 2.03. The predicted octanol–water partition coefficient (Wildman–Crippen LogP) is 1.53. The lowest BCUT2D eigenvalue weighted by atomic mass is 10.1. The summed E-state index contributed by atoms with van der Waals surface area (Å²) in [5, 5.41) is 11.2. The molecule has 1 aromatic rings. The zero-order valence-electron chi connectivity index (χ0n) is 11.1. The summed E-state index contributed by atoms with van der Waals surface area (Å²) < 4.78 is 19.0. The van der Waals surface area contributed by atoms with Crippen molar-refractivity contribution in [2.75, 3.05) is 18.5 Å². The molecule has 2 unspecified atom stereocenters. The maximum absolute atomic E-state index is 13.7. The zero-order chi connectivity index (χ0) is 14.5. The molecule has 1 aliphatic rings. The van der Waals surface area contributed by atoms with Crippen molar-refractivity contribution in [2.24, 2.45) is 5.92 Å². The van der Waals surface area contributed by atoms with E-state index < -0.39 is 5.82 Å². The molecule has 1 aliphatic heterocycles. The lowest BCUT2D eigenvalue weighted by Gasteiger charge is -2.09. The van der Waals surface area contributed by atoms with Crippen LogP contribution in [-0.2, 0) is 9.53 Å². The highest BCUT2D eigenvalue weighted by molar-refractivity contribution is 5.92. The fourth-order valence-electron chi connectivity index (χ4n) is 2.07. The highest BCUT2D eigenvalue weighted by Crippen LogP contribution is 2.21. The summed E-state index contributed by atoms with van der Waals surface area (Å²) in [6.45, 7) is 1.99. The second-order valence-corrected chi connectivity index (χ2v) is 4.72. The molecule has 2 rings (SSSR count). The maximum Gasteiger partial charge on any atom is 0.229 e. The standard InChI is InChI=1S/C15H16FNO3/c1-10-7-12(9-20-10)15(19)17-13-5-4-11(3-2-6-18)14(16)8-13/h4-5,8,10,12,18H,6-7,9H2,1H3,(H,17,19). The summed E-state index contributed by atoms with van der Waals surface area (Å²) in [6.07, 6.45) is 0.757. The molecule has 0 aliphatic carbocycles. The smallest absolute Gasteiger partial charge is 0.229 e. The first-order chi connectivity index (χ1) is 9.60. The number of rotatable bonds is 2. The van der Waals surface area contributed by atoms with Crippen molar-refractivity contribution in [3.05, 3.63) is 29.6 Å². The summed E-state index contributed by atoms with van der Waals surface area (Å²) in [4.78, 5) is 12.0. The van der Waals surface area contributed by atoms with Gasteiger partial charge in [0.15, 0.2) is 0 Å². The quantitative estimate of drug-likeness (QED) is 0.806. The molecule has 1 saturated heterocycles. The lowest BCUT2D eigenvalue weighted by molar-refractivity contribution is -0.119.